The molecule has 0 aliphatic carbocycles. The van der Waals surface area contributed by atoms with Crippen LogP contribution in [-0.4, -0.2) is 31.1 Å². The zero-order valence-electron chi connectivity index (χ0n) is 14.5. The molecule has 9 heteroatoms. The molecular weight excluding hydrogens is 363 g/mol. The van der Waals surface area contributed by atoms with E-state index in [0.29, 0.717) is 11.5 Å². The number of hydrazine groups is 1. The van der Waals surface area contributed by atoms with Crippen LogP contribution in [0.4, 0.5) is 4.39 Å². The molecule has 0 unspecified atom stereocenters. The van der Waals surface area contributed by atoms with Crippen LogP contribution in [0.3, 0.4) is 0 Å². The largest absolute Gasteiger partial charge is 0.357 e. The second-order valence-corrected chi connectivity index (χ2v) is 5.83. The zero-order chi connectivity index (χ0) is 19.5. The van der Waals surface area contributed by atoms with E-state index < -0.39 is 17.6 Å². The highest BCUT2D eigenvalue weighted by atomic mass is 19.1. The molecule has 3 aromatic heterocycles. The summed E-state index contributed by atoms with van der Waals surface area (Å²) in [7, 11) is 0. The molecule has 0 radical (unpaired) electrons. The minimum Gasteiger partial charge on any atom is -0.357 e. The van der Waals surface area contributed by atoms with Gasteiger partial charge in [0.05, 0.1) is 6.20 Å². The fourth-order valence-electron chi connectivity index (χ4n) is 2.75. The number of benzene rings is 1. The normalized spacial score (nSPS) is 10.6. The van der Waals surface area contributed by atoms with Gasteiger partial charge in [0.25, 0.3) is 11.8 Å². The first kappa shape index (κ1) is 17.3. The Kier molecular flexibility index (Phi) is 4.47. The highest BCUT2D eigenvalue weighted by Crippen LogP contribution is 2.21. The average molecular weight is 378 g/mol. The number of para-hydroxylation sites is 1. The van der Waals surface area contributed by atoms with E-state index in [9.17, 15) is 14.0 Å². The third-order valence-electron chi connectivity index (χ3n) is 4.05. The maximum Gasteiger partial charge on any atom is 0.286 e. The zero-order valence-corrected chi connectivity index (χ0v) is 14.5. The number of aromatic nitrogens is 4. The molecule has 140 valence electrons. The lowest BCUT2D eigenvalue weighted by atomic mass is 10.3. The topological polar surface area (TPSA) is 96.7 Å². The molecule has 0 saturated carbocycles. The Hall–Kier alpha value is -4.14. The van der Waals surface area contributed by atoms with Gasteiger partial charge in [-0.3, -0.25) is 20.4 Å². The van der Waals surface area contributed by atoms with Crippen LogP contribution >= 0.6 is 0 Å². The highest BCUT2D eigenvalue weighted by Gasteiger charge is 2.21. The van der Waals surface area contributed by atoms with Crippen molar-refractivity contribution in [3.8, 4) is 11.5 Å². The first-order valence-electron chi connectivity index (χ1n) is 8.35. The van der Waals surface area contributed by atoms with Crippen LogP contribution < -0.4 is 10.9 Å². The number of halogens is 1. The van der Waals surface area contributed by atoms with E-state index in [4.69, 9.17) is 0 Å². The van der Waals surface area contributed by atoms with Gasteiger partial charge in [0, 0.05) is 18.6 Å². The van der Waals surface area contributed by atoms with Crippen LogP contribution in [0.5, 0.6) is 0 Å². The Morgan fingerprint density at radius 1 is 0.964 bits per heavy atom. The van der Waals surface area contributed by atoms with Gasteiger partial charge in [-0.2, -0.15) is 5.10 Å². The SMILES string of the molecule is O=C(NNC(=O)c1cnn(-c2ccccc2F)c1-n1cccc1)c1ccc[nH]1. The number of rotatable bonds is 4. The van der Waals surface area contributed by atoms with Crippen molar-refractivity contribution in [1.29, 1.82) is 0 Å². The van der Waals surface area contributed by atoms with Gasteiger partial charge in [-0.15, -0.1) is 0 Å². The number of aromatic amines is 1. The maximum absolute atomic E-state index is 14.3. The van der Waals surface area contributed by atoms with Gasteiger partial charge < -0.3 is 9.55 Å². The van der Waals surface area contributed by atoms with Gasteiger partial charge in [0.15, 0.2) is 5.82 Å². The van der Waals surface area contributed by atoms with Crippen molar-refractivity contribution in [2.75, 3.05) is 0 Å². The summed E-state index contributed by atoms with van der Waals surface area (Å²) >= 11 is 0. The van der Waals surface area contributed by atoms with Gasteiger partial charge in [-0.25, -0.2) is 9.07 Å². The van der Waals surface area contributed by atoms with Crippen LogP contribution in [-0.2, 0) is 0 Å². The van der Waals surface area contributed by atoms with E-state index in [0.717, 1.165) is 0 Å². The van der Waals surface area contributed by atoms with E-state index in [1.807, 2.05) is 0 Å². The summed E-state index contributed by atoms with van der Waals surface area (Å²) in [6, 6.07) is 12.9. The fourth-order valence-corrected chi connectivity index (χ4v) is 2.75. The Bertz CT molecular complexity index is 1120. The highest BCUT2D eigenvalue weighted by molar-refractivity contribution is 6.00. The standard InChI is InChI=1S/C19H15FN6O2/c20-14-6-1-2-8-16(14)26-19(25-10-3-4-11-25)13(12-22-26)17(27)23-24-18(28)15-7-5-9-21-15/h1-12,21H,(H,23,27)(H,24,28). The molecule has 1 aromatic carbocycles. The fraction of sp³-hybridized carbons (Fsp3) is 0. The number of carbonyl (C=O) groups excluding carboxylic acids is 2. The van der Waals surface area contributed by atoms with Crippen molar-refractivity contribution in [1.82, 2.24) is 30.2 Å². The minimum atomic E-state index is -0.591. The third kappa shape index (κ3) is 3.16. The number of hydrogen-bond donors (Lipinski definition) is 3. The summed E-state index contributed by atoms with van der Waals surface area (Å²) in [5.41, 5.74) is 5.33. The number of amides is 2. The molecule has 0 aliphatic heterocycles. The van der Waals surface area contributed by atoms with E-state index in [-0.39, 0.29) is 11.3 Å². The summed E-state index contributed by atoms with van der Waals surface area (Å²) in [5.74, 6) is -1.23. The lowest BCUT2D eigenvalue weighted by Gasteiger charge is -2.12. The van der Waals surface area contributed by atoms with Crippen LogP contribution in [0.2, 0.25) is 0 Å². The summed E-state index contributed by atoms with van der Waals surface area (Å²) in [6.45, 7) is 0. The van der Waals surface area contributed by atoms with Crippen LogP contribution in [0.15, 0.2) is 73.3 Å². The van der Waals surface area contributed by atoms with Crippen LogP contribution in [0, 0.1) is 5.82 Å². The van der Waals surface area contributed by atoms with Gasteiger partial charge in [-0.05, 0) is 36.4 Å². The first-order chi connectivity index (χ1) is 13.6. The molecule has 4 aromatic rings. The number of H-pyrrole nitrogens is 1. The Balaban J connectivity index is 1.67. The Morgan fingerprint density at radius 3 is 2.43 bits per heavy atom. The molecule has 0 spiro atoms. The minimum absolute atomic E-state index is 0.159. The van der Waals surface area contributed by atoms with E-state index >= 15 is 0 Å². The number of nitrogens with zero attached hydrogens (tertiary/aromatic N) is 3. The number of nitrogens with one attached hydrogen (secondary N) is 3. The molecular formula is C19H15FN6O2. The third-order valence-corrected chi connectivity index (χ3v) is 4.05. The molecule has 3 heterocycles. The second kappa shape index (κ2) is 7.23. The van der Waals surface area contributed by atoms with Crippen molar-refractivity contribution in [2.45, 2.75) is 0 Å². The average Bonchev–Trinajstić information content (AvgIpc) is 3.47. The quantitative estimate of drug-likeness (QED) is 0.475. The van der Waals surface area contributed by atoms with Gasteiger partial charge in [0.1, 0.15) is 22.8 Å². The lowest BCUT2D eigenvalue weighted by Crippen LogP contribution is -2.42. The van der Waals surface area contributed by atoms with Crippen molar-refractivity contribution in [2.24, 2.45) is 0 Å². The molecule has 0 fully saturated rings. The van der Waals surface area contributed by atoms with Crippen molar-refractivity contribution >= 4 is 11.8 Å². The van der Waals surface area contributed by atoms with E-state index in [2.05, 4.69) is 20.9 Å². The van der Waals surface area contributed by atoms with Gasteiger partial charge >= 0.3 is 0 Å². The molecule has 8 nitrogen and oxygen atoms in total. The molecule has 3 N–H and O–H groups in total. The van der Waals surface area contributed by atoms with Crippen molar-refractivity contribution < 1.29 is 14.0 Å². The lowest BCUT2D eigenvalue weighted by molar-refractivity contribution is 0.0844. The summed E-state index contributed by atoms with van der Waals surface area (Å²) < 4.78 is 17.3. The first-order valence-corrected chi connectivity index (χ1v) is 8.35. The monoisotopic (exact) mass is 378 g/mol. The molecule has 2 amide bonds. The van der Waals surface area contributed by atoms with Gasteiger partial charge in [-0.1, -0.05) is 12.1 Å². The Labute approximate surface area is 158 Å². The molecule has 0 aliphatic rings. The predicted octanol–water partition coefficient (Wildman–Crippen LogP) is 2.20. The van der Waals surface area contributed by atoms with E-state index in [1.165, 1.54) is 16.9 Å². The van der Waals surface area contributed by atoms with Crippen LogP contribution in [0.25, 0.3) is 11.5 Å². The smallest absolute Gasteiger partial charge is 0.286 e. The van der Waals surface area contributed by atoms with Crippen LogP contribution in [0.1, 0.15) is 20.8 Å². The summed E-state index contributed by atoms with van der Waals surface area (Å²) in [5, 5.41) is 4.18. The Morgan fingerprint density at radius 2 is 1.71 bits per heavy atom. The predicted molar refractivity (Wildman–Crippen MR) is 98.6 cm³/mol. The molecule has 0 bridgehead atoms. The van der Waals surface area contributed by atoms with Crippen molar-refractivity contribution in [3.05, 3.63) is 90.4 Å². The molecule has 0 saturated heterocycles. The summed E-state index contributed by atoms with van der Waals surface area (Å²) in [6.07, 6.45) is 6.34. The van der Waals surface area contributed by atoms with E-state index in [1.54, 1.807) is 65.6 Å². The molecule has 4 rings (SSSR count). The molecule has 0 atom stereocenters. The second-order valence-electron chi connectivity index (χ2n) is 5.83. The van der Waals surface area contributed by atoms with Gasteiger partial charge in [0.2, 0.25) is 0 Å². The van der Waals surface area contributed by atoms with Crippen molar-refractivity contribution in [3.63, 3.8) is 0 Å². The summed E-state index contributed by atoms with van der Waals surface area (Å²) in [4.78, 5) is 27.4. The number of carbonyl (C=O) groups is 2. The maximum atomic E-state index is 14.3. The molecule has 28 heavy (non-hydrogen) atoms. The number of hydrogen-bond acceptors (Lipinski definition) is 3.